The van der Waals surface area contributed by atoms with Gasteiger partial charge in [-0.2, -0.15) is 5.26 Å². The molecule has 2 aromatic rings. The van der Waals surface area contributed by atoms with Gasteiger partial charge in [0.1, 0.15) is 11.8 Å². The maximum absolute atomic E-state index is 8.49. The van der Waals surface area contributed by atoms with Crippen LogP contribution in [0.15, 0.2) is 54.6 Å². The molecule has 0 aliphatic heterocycles. The van der Waals surface area contributed by atoms with Crippen LogP contribution in [0, 0.1) is 11.3 Å². The van der Waals surface area contributed by atoms with Crippen molar-refractivity contribution >= 4 is 0 Å². The molecule has 108 valence electrons. The molecule has 0 saturated carbocycles. The largest absolute Gasteiger partial charge is 0.479 e. The van der Waals surface area contributed by atoms with Gasteiger partial charge in [0.25, 0.3) is 0 Å². The van der Waals surface area contributed by atoms with E-state index >= 15 is 0 Å². The van der Waals surface area contributed by atoms with Crippen molar-refractivity contribution in [3.05, 3.63) is 65.7 Å². The highest BCUT2D eigenvalue weighted by Crippen LogP contribution is 2.21. The molecule has 0 aliphatic rings. The minimum Gasteiger partial charge on any atom is -0.479 e. The van der Waals surface area contributed by atoms with Crippen molar-refractivity contribution in [1.29, 1.82) is 5.26 Å². The number of nitrogens with zero attached hydrogens (tertiary/aromatic N) is 1. The highest BCUT2D eigenvalue weighted by Gasteiger charge is 2.10. The lowest BCUT2D eigenvalue weighted by Crippen LogP contribution is -2.22. The van der Waals surface area contributed by atoms with Gasteiger partial charge in [-0.15, -0.1) is 0 Å². The van der Waals surface area contributed by atoms with E-state index < -0.39 is 0 Å². The molecule has 21 heavy (non-hydrogen) atoms. The van der Waals surface area contributed by atoms with Gasteiger partial charge < -0.3 is 10.1 Å². The van der Waals surface area contributed by atoms with Gasteiger partial charge in [-0.1, -0.05) is 42.5 Å². The first-order chi connectivity index (χ1) is 10.2. The fourth-order valence-electron chi connectivity index (χ4n) is 2.28. The SMILES string of the molecule is CC(NC(C)c1ccc(OCC#N)cc1)c1ccccc1. The Hall–Kier alpha value is -2.31. The van der Waals surface area contributed by atoms with Gasteiger partial charge in [-0.25, -0.2) is 0 Å². The number of hydrogen-bond donors (Lipinski definition) is 1. The van der Waals surface area contributed by atoms with E-state index in [0.717, 1.165) is 5.75 Å². The molecule has 0 heterocycles. The van der Waals surface area contributed by atoms with E-state index in [4.69, 9.17) is 10.00 Å². The summed E-state index contributed by atoms with van der Waals surface area (Å²) in [4.78, 5) is 0. The Morgan fingerprint density at radius 1 is 0.952 bits per heavy atom. The van der Waals surface area contributed by atoms with E-state index in [1.165, 1.54) is 11.1 Å². The average molecular weight is 280 g/mol. The molecule has 0 fully saturated rings. The molecule has 0 amide bonds. The van der Waals surface area contributed by atoms with Crippen molar-refractivity contribution in [3.8, 4) is 11.8 Å². The highest BCUT2D eigenvalue weighted by atomic mass is 16.5. The smallest absolute Gasteiger partial charge is 0.174 e. The summed E-state index contributed by atoms with van der Waals surface area (Å²) in [6.07, 6.45) is 0. The van der Waals surface area contributed by atoms with E-state index in [1.807, 2.05) is 36.4 Å². The second-order valence-corrected chi connectivity index (χ2v) is 5.04. The van der Waals surface area contributed by atoms with Crippen molar-refractivity contribution in [2.24, 2.45) is 0 Å². The molecule has 3 nitrogen and oxygen atoms in total. The van der Waals surface area contributed by atoms with E-state index in [-0.39, 0.29) is 18.7 Å². The van der Waals surface area contributed by atoms with Gasteiger partial charge in [0, 0.05) is 12.1 Å². The monoisotopic (exact) mass is 280 g/mol. The van der Waals surface area contributed by atoms with Crippen LogP contribution in [0.1, 0.15) is 37.1 Å². The normalized spacial score (nSPS) is 13.2. The van der Waals surface area contributed by atoms with Crippen LogP contribution in [-0.4, -0.2) is 6.61 Å². The summed E-state index contributed by atoms with van der Waals surface area (Å²) in [6, 6.07) is 20.7. The highest BCUT2D eigenvalue weighted by molar-refractivity contribution is 5.29. The van der Waals surface area contributed by atoms with Gasteiger partial charge in [0.2, 0.25) is 0 Å². The van der Waals surface area contributed by atoms with E-state index in [2.05, 4.69) is 43.4 Å². The van der Waals surface area contributed by atoms with Crippen LogP contribution >= 0.6 is 0 Å². The number of rotatable bonds is 6. The van der Waals surface area contributed by atoms with E-state index in [0.29, 0.717) is 0 Å². The Labute approximate surface area is 126 Å². The third-order valence-corrected chi connectivity index (χ3v) is 3.48. The summed E-state index contributed by atoms with van der Waals surface area (Å²) in [5.41, 5.74) is 2.47. The van der Waals surface area contributed by atoms with Crippen LogP contribution in [0.4, 0.5) is 0 Å². The summed E-state index contributed by atoms with van der Waals surface area (Å²) >= 11 is 0. The summed E-state index contributed by atoms with van der Waals surface area (Å²) in [7, 11) is 0. The summed E-state index contributed by atoms with van der Waals surface area (Å²) < 4.78 is 5.26. The van der Waals surface area contributed by atoms with Crippen molar-refractivity contribution in [3.63, 3.8) is 0 Å². The Morgan fingerprint density at radius 2 is 1.52 bits per heavy atom. The standard InChI is InChI=1S/C18H20N2O/c1-14(16-6-4-3-5-7-16)20-15(2)17-8-10-18(11-9-17)21-13-12-19/h3-11,14-15,20H,13H2,1-2H3. The third kappa shape index (κ3) is 4.34. The molecule has 2 atom stereocenters. The second kappa shape index (κ2) is 7.47. The fourth-order valence-corrected chi connectivity index (χ4v) is 2.28. The Kier molecular flexibility index (Phi) is 5.36. The predicted octanol–water partition coefficient (Wildman–Crippen LogP) is 4.00. The Balaban J connectivity index is 1.97. The zero-order valence-electron chi connectivity index (χ0n) is 12.4. The first-order valence-corrected chi connectivity index (χ1v) is 7.11. The lowest BCUT2D eigenvalue weighted by molar-refractivity contribution is 0.368. The first-order valence-electron chi connectivity index (χ1n) is 7.11. The average Bonchev–Trinajstić information content (AvgIpc) is 2.54. The maximum Gasteiger partial charge on any atom is 0.174 e. The molecular formula is C18H20N2O. The van der Waals surface area contributed by atoms with Crippen LogP contribution in [0.5, 0.6) is 5.75 Å². The molecule has 1 N–H and O–H groups in total. The topological polar surface area (TPSA) is 45.0 Å². The molecule has 0 radical (unpaired) electrons. The third-order valence-electron chi connectivity index (χ3n) is 3.48. The van der Waals surface area contributed by atoms with E-state index in [9.17, 15) is 0 Å². The Bertz CT molecular complexity index is 587. The minimum atomic E-state index is 0.0815. The zero-order chi connectivity index (χ0) is 15.1. The maximum atomic E-state index is 8.49. The molecule has 2 unspecified atom stereocenters. The van der Waals surface area contributed by atoms with Gasteiger partial charge in [-0.05, 0) is 37.1 Å². The number of nitriles is 1. The summed E-state index contributed by atoms with van der Waals surface area (Å²) in [5, 5.41) is 12.1. The second-order valence-electron chi connectivity index (χ2n) is 5.04. The van der Waals surface area contributed by atoms with E-state index in [1.54, 1.807) is 0 Å². The van der Waals surface area contributed by atoms with Crippen molar-refractivity contribution < 1.29 is 4.74 Å². The number of benzene rings is 2. The van der Waals surface area contributed by atoms with Gasteiger partial charge in [-0.3, -0.25) is 0 Å². The number of nitrogens with one attached hydrogen (secondary N) is 1. The van der Waals surface area contributed by atoms with Crippen molar-refractivity contribution in [1.82, 2.24) is 5.32 Å². The van der Waals surface area contributed by atoms with Crippen LogP contribution in [0.25, 0.3) is 0 Å². The van der Waals surface area contributed by atoms with Crippen molar-refractivity contribution in [2.75, 3.05) is 6.61 Å². The molecule has 0 saturated heterocycles. The molecule has 0 bridgehead atoms. The van der Waals surface area contributed by atoms with Crippen LogP contribution in [-0.2, 0) is 0 Å². The van der Waals surface area contributed by atoms with Crippen LogP contribution in [0.3, 0.4) is 0 Å². The molecule has 2 aromatic carbocycles. The molecule has 0 aliphatic carbocycles. The lowest BCUT2D eigenvalue weighted by Gasteiger charge is -2.21. The number of ether oxygens (including phenoxy) is 1. The molecule has 2 rings (SSSR count). The van der Waals surface area contributed by atoms with Gasteiger partial charge >= 0.3 is 0 Å². The molecule has 3 heteroatoms. The van der Waals surface area contributed by atoms with Gasteiger partial charge in [0.15, 0.2) is 6.61 Å². The fraction of sp³-hybridized carbons (Fsp3) is 0.278. The van der Waals surface area contributed by atoms with Crippen LogP contribution in [0.2, 0.25) is 0 Å². The molecule has 0 spiro atoms. The summed E-state index contributed by atoms with van der Waals surface area (Å²) in [6.45, 7) is 4.39. The molecule has 0 aromatic heterocycles. The Morgan fingerprint density at radius 3 is 2.10 bits per heavy atom. The summed E-state index contributed by atoms with van der Waals surface area (Å²) in [5.74, 6) is 0.726. The first kappa shape index (κ1) is 15.1. The van der Waals surface area contributed by atoms with Crippen molar-refractivity contribution in [2.45, 2.75) is 25.9 Å². The van der Waals surface area contributed by atoms with Crippen LogP contribution < -0.4 is 10.1 Å². The minimum absolute atomic E-state index is 0.0815. The zero-order valence-corrected chi connectivity index (χ0v) is 12.4. The lowest BCUT2D eigenvalue weighted by atomic mass is 10.0. The van der Waals surface area contributed by atoms with Gasteiger partial charge in [0.05, 0.1) is 0 Å². The predicted molar refractivity (Wildman–Crippen MR) is 84.0 cm³/mol. The molecular weight excluding hydrogens is 260 g/mol. The number of hydrogen-bond acceptors (Lipinski definition) is 3. The quantitative estimate of drug-likeness (QED) is 0.869.